The number of anilines is 1. The molecule has 1 heterocycles. The van der Waals surface area contributed by atoms with Crippen molar-refractivity contribution in [3.63, 3.8) is 0 Å². The maximum Gasteiger partial charge on any atom is 0.459 e. The van der Waals surface area contributed by atoms with Crippen molar-refractivity contribution in [2.24, 2.45) is 0 Å². The lowest BCUT2D eigenvalue weighted by atomic mass is 10.1. The number of nitrogens with zero attached hydrogens (tertiary/aromatic N) is 2. The van der Waals surface area contributed by atoms with Crippen molar-refractivity contribution in [2.45, 2.75) is 19.0 Å². The van der Waals surface area contributed by atoms with Crippen molar-refractivity contribution < 1.29 is 22.0 Å². The highest BCUT2D eigenvalue weighted by Crippen LogP contribution is 2.44. The molecule has 0 aliphatic carbocycles. The fourth-order valence-electron chi connectivity index (χ4n) is 1.68. The Morgan fingerprint density at radius 3 is 2.30 bits per heavy atom. The molecular weight excluding hydrogens is 281 g/mol. The predicted molar refractivity (Wildman–Crippen MR) is 62.7 cm³/mol. The molecule has 3 nitrogen and oxygen atoms in total. The molecule has 0 aliphatic heterocycles. The molecule has 0 fully saturated rings. The van der Waals surface area contributed by atoms with Gasteiger partial charge in [-0.2, -0.15) is 27.1 Å². The van der Waals surface area contributed by atoms with Crippen molar-refractivity contribution in [1.82, 2.24) is 9.78 Å². The van der Waals surface area contributed by atoms with Gasteiger partial charge >= 0.3 is 12.1 Å². The summed E-state index contributed by atoms with van der Waals surface area (Å²) in [6.45, 7) is 1.61. The van der Waals surface area contributed by atoms with E-state index in [2.05, 4.69) is 5.10 Å². The Morgan fingerprint density at radius 2 is 1.75 bits per heavy atom. The third kappa shape index (κ3) is 2.21. The number of nitrogens with two attached hydrogens (primary N) is 1. The van der Waals surface area contributed by atoms with Gasteiger partial charge in [0.1, 0.15) is 5.69 Å². The fraction of sp³-hybridized carbons (Fsp3) is 0.250. The third-order valence-electron chi connectivity index (χ3n) is 2.82. The molecule has 0 amide bonds. The second-order valence-electron chi connectivity index (χ2n) is 4.24. The van der Waals surface area contributed by atoms with Gasteiger partial charge in [0.25, 0.3) is 0 Å². The highest BCUT2D eigenvalue weighted by Gasteiger charge is 2.60. The zero-order valence-corrected chi connectivity index (χ0v) is 10.2. The van der Waals surface area contributed by atoms with E-state index in [9.17, 15) is 22.0 Å². The lowest BCUT2D eigenvalue weighted by Gasteiger charge is -2.20. The normalized spacial score (nSPS) is 12.7. The molecule has 108 valence electrons. The lowest BCUT2D eigenvalue weighted by Crippen LogP contribution is -2.35. The van der Waals surface area contributed by atoms with Crippen LogP contribution in [0.25, 0.3) is 5.69 Å². The summed E-state index contributed by atoms with van der Waals surface area (Å²) in [6, 6.07) is 4.77. The molecule has 0 saturated heterocycles. The molecule has 0 bridgehead atoms. The Balaban J connectivity index is 2.56. The average molecular weight is 291 g/mol. The number of aryl methyl sites for hydroxylation is 1. The second-order valence-corrected chi connectivity index (χ2v) is 4.24. The first kappa shape index (κ1) is 14.3. The van der Waals surface area contributed by atoms with Crippen LogP contribution in [0.4, 0.5) is 27.6 Å². The quantitative estimate of drug-likeness (QED) is 0.680. The predicted octanol–water partition coefficient (Wildman–Crippen LogP) is 3.42. The molecule has 0 atom stereocenters. The van der Waals surface area contributed by atoms with Gasteiger partial charge in [0.15, 0.2) is 0 Å². The van der Waals surface area contributed by atoms with Gasteiger partial charge in [-0.25, -0.2) is 4.68 Å². The van der Waals surface area contributed by atoms with Gasteiger partial charge < -0.3 is 5.73 Å². The van der Waals surface area contributed by atoms with Gasteiger partial charge in [-0.3, -0.25) is 0 Å². The van der Waals surface area contributed by atoms with Gasteiger partial charge in [-0.1, -0.05) is 0 Å². The smallest absolute Gasteiger partial charge is 0.399 e. The number of hydrogen-bond donors (Lipinski definition) is 1. The minimum Gasteiger partial charge on any atom is -0.399 e. The number of benzene rings is 1. The van der Waals surface area contributed by atoms with Crippen LogP contribution in [0.15, 0.2) is 30.5 Å². The standard InChI is InChI=1S/C12H10F5N3/c1-7-6-8(2-3-9(7)18)20-10(4-5-19-20)11(13,14)12(15,16)17/h2-6H,18H2,1H3. The Labute approximate surface area is 110 Å². The van der Waals surface area contributed by atoms with Crippen LogP contribution >= 0.6 is 0 Å². The number of nitrogen functional groups attached to an aromatic ring is 1. The summed E-state index contributed by atoms with van der Waals surface area (Å²) in [5.41, 5.74) is 5.38. The SMILES string of the molecule is Cc1cc(-n2nccc2C(F)(F)C(F)(F)F)ccc1N. The number of hydrogen-bond acceptors (Lipinski definition) is 2. The fourth-order valence-corrected chi connectivity index (χ4v) is 1.68. The Hall–Kier alpha value is -2.12. The van der Waals surface area contributed by atoms with Crippen molar-refractivity contribution in [3.8, 4) is 5.69 Å². The Bertz CT molecular complexity index is 630. The molecule has 8 heteroatoms. The van der Waals surface area contributed by atoms with E-state index in [-0.39, 0.29) is 5.69 Å². The van der Waals surface area contributed by atoms with Crippen molar-refractivity contribution >= 4 is 5.69 Å². The molecule has 2 aromatic rings. The minimum atomic E-state index is -5.69. The summed E-state index contributed by atoms with van der Waals surface area (Å²) in [5, 5.41) is 3.53. The van der Waals surface area contributed by atoms with Gasteiger partial charge in [-0.05, 0) is 36.8 Å². The summed E-state index contributed by atoms with van der Waals surface area (Å²) in [5.74, 6) is -4.99. The molecule has 20 heavy (non-hydrogen) atoms. The van der Waals surface area contributed by atoms with E-state index in [1.54, 1.807) is 6.92 Å². The monoisotopic (exact) mass is 291 g/mol. The van der Waals surface area contributed by atoms with Gasteiger partial charge in [-0.15, -0.1) is 0 Å². The zero-order valence-electron chi connectivity index (χ0n) is 10.2. The summed E-state index contributed by atoms with van der Waals surface area (Å²) < 4.78 is 64.7. The molecular formula is C12H10F5N3. The lowest BCUT2D eigenvalue weighted by molar-refractivity contribution is -0.291. The molecule has 0 saturated carbocycles. The summed E-state index contributed by atoms with van der Waals surface area (Å²) in [7, 11) is 0. The van der Waals surface area contributed by atoms with Gasteiger partial charge in [0.05, 0.1) is 5.69 Å². The zero-order chi connectivity index (χ0) is 15.1. The first-order chi connectivity index (χ1) is 9.14. The van der Waals surface area contributed by atoms with Crippen molar-refractivity contribution in [1.29, 1.82) is 0 Å². The second kappa shape index (κ2) is 4.46. The van der Waals surface area contributed by atoms with E-state index in [0.29, 0.717) is 22.0 Å². The number of rotatable bonds is 2. The van der Waals surface area contributed by atoms with Crippen LogP contribution in [0.5, 0.6) is 0 Å². The molecule has 1 aromatic carbocycles. The molecule has 0 radical (unpaired) electrons. The molecule has 2 rings (SSSR count). The van der Waals surface area contributed by atoms with Crippen LogP contribution in [0.1, 0.15) is 11.3 Å². The first-order valence-electron chi connectivity index (χ1n) is 5.50. The molecule has 0 unspecified atom stereocenters. The van der Waals surface area contributed by atoms with E-state index in [0.717, 1.165) is 6.20 Å². The van der Waals surface area contributed by atoms with E-state index in [1.165, 1.54) is 18.2 Å². The van der Waals surface area contributed by atoms with Crippen molar-refractivity contribution in [2.75, 3.05) is 5.73 Å². The number of halogens is 5. The highest BCUT2D eigenvalue weighted by molar-refractivity contribution is 5.52. The average Bonchev–Trinajstić information content (AvgIpc) is 2.80. The van der Waals surface area contributed by atoms with Crippen LogP contribution < -0.4 is 5.73 Å². The minimum absolute atomic E-state index is 0.0839. The van der Waals surface area contributed by atoms with Crippen LogP contribution in [-0.2, 0) is 5.92 Å². The van der Waals surface area contributed by atoms with Gasteiger partial charge in [0, 0.05) is 11.9 Å². The Kier molecular flexibility index (Phi) is 3.19. The van der Waals surface area contributed by atoms with Crippen molar-refractivity contribution in [3.05, 3.63) is 41.7 Å². The van der Waals surface area contributed by atoms with E-state index in [1.807, 2.05) is 0 Å². The molecule has 0 aliphatic rings. The molecule has 1 aromatic heterocycles. The van der Waals surface area contributed by atoms with Crippen LogP contribution in [0.3, 0.4) is 0 Å². The van der Waals surface area contributed by atoms with E-state index >= 15 is 0 Å². The van der Waals surface area contributed by atoms with Gasteiger partial charge in [0.2, 0.25) is 0 Å². The van der Waals surface area contributed by atoms with Crippen LogP contribution in [-0.4, -0.2) is 16.0 Å². The van der Waals surface area contributed by atoms with E-state index < -0.39 is 17.8 Å². The summed E-state index contributed by atoms with van der Waals surface area (Å²) >= 11 is 0. The molecule has 0 spiro atoms. The largest absolute Gasteiger partial charge is 0.459 e. The van der Waals surface area contributed by atoms with Crippen LogP contribution in [0, 0.1) is 6.92 Å². The highest BCUT2D eigenvalue weighted by atomic mass is 19.4. The topological polar surface area (TPSA) is 43.8 Å². The van der Waals surface area contributed by atoms with E-state index in [4.69, 9.17) is 5.73 Å². The number of aromatic nitrogens is 2. The maximum absolute atomic E-state index is 13.4. The summed E-state index contributed by atoms with van der Waals surface area (Å²) in [6.07, 6.45) is -4.80. The molecule has 2 N–H and O–H groups in total. The third-order valence-corrected chi connectivity index (χ3v) is 2.82. The maximum atomic E-state index is 13.4. The summed E-state index contributed by atoms with van der Waals surface area (Å²) in [4.78, 5) is 0. The van der Waals surface area contributed by atoms with Crippen LogP contribution in [0.2, 0.25) is 0 Å². The first-order valence-corrected chi connectivity index (χ1v) is 5.50. The Morgan fingerprint density at radius 1 is 1.10 bits per heavy atom. The number of alkyl halides is 5.